The van der Waals surface area contributed by atoms with Gasteiger partial charge in [-0.05, 0) is 27.5 Å². The number of hydrogen-bond acceptors (Lipinski definition) is 6. The molecule has 0 spiro atoms. The molecule has 0 aromatic rings. The highest BCUT2D eigenvalue weighted by Gasteiger charge is 2.44. The number of alkyl halides is 1. The fraction of sp³-hybridized carbons (Fsp3) is 0.667. The van der Waals surface area contributed by atoms with Gasteiger partial charge in [-0.3, -0.25) is 10.1 Å². The molecule has 1 N–H and O–H groups in total. The third-order valence-corrected chi connectivity index (χ3v) is 2.14. The van der Waals surface area contributed by atoms with Crippen LogP contribution in [0, 0.1) is 20.2 Å². The Bertz CT molecular complexity index is 265. The van der Waals surface area contributed by atoms with Crippen LogP contribution in [0.5, 0.6) is 0 Å². The number of guanidine groups is 1. The second-order valence-corrected chi connectivity index (χ2v) is 3.23. The Morgan fingerprint density at radius 1 is 1.50 bits per heavy atom. The first-order valence-corrected chi connectivity index (χ1v) is 4.03. The number of hydrogen-bond donors (Lipinski definition) is 1. The first kappa shape index (κ1) is 9.09. The lowest BCUT2D eigenvalue weighted by atomic mass is 10.5. The minimum absolute atomic E-state index is 0.545. The summed E-state index contributed by atoms with van der Waals surface area (Å²) in [6, 6.07) is 0. The van der Waals surface area contributed by atoms with E-state index in [1.165, 1.54) is 0 Å². The molecule has 0 aliphatic carbocycles. The van der Waals surface area contributed by atoms with Gasteiger partial charge in [0.25, 0.3) is 4.05 Å². The molecule has 66 valence electrons. The maximum Gasteiger partial charge on any atom is 0.429 e. The molecule has 0 aromatic carbocycles. The SMILES string of the molecule is O=[N+]([O-])C1=NC(I)C([N+](=O)[O-])N1. The zero-order valence-electron chi connectivity index (χ0n) is 5.51. The molecule has 8 nitrogen and oxygen atoms in total. The van der Waals surface area contributed by atoms with E-state index in [0.29, 0.717) is 0 Å². The fourth-order valence-corrected chi connectivity index (χ4v) is 1.38. The summed E-state index contributed by atoms with van der Waals surface area (Å²) < 4.78 is -0.724. The second kappa shape index (κ2) is 3.16. The normalized spacial score (nSPS) is 27.6. The molecule has 0 saturated carbocycles. The Morgan fingerprint density at radius 2 is 2.08 bits per heavy atom. The van der Waals surface area contributed by atoms with Crippen molar-refractivity contribution in [2.45, 2.75) is 10.2 Å². The highest BCUT2D eigenvalue weighted by Crippen LogP contribution is 2.14. The van der Waals surface area contributed by atoms with Crippen molar-refractivity contribution < 1.29 is 9.85 Å². The van der Waals surface area contributed by atoms with Gasteiger partial charge in [0.2, 0.25) is 0 Å². The van der Waals surface area contributed by atoms with E-state index >= 15 is 0 Å². The van der Waals surface area contributed by atoms with Crippen LogP contribution < -0.4 is 5.32 Å². The van der Waals surface area contributed by atoms with Crippen LogP contribution >= 0.6 is 22.6 Å². The van der Waals surface area contributed by atoms with E-state index in [1.54, 1.807) is 22.6 Å². The first-order valence-electron chi connectivity index (χ1n) is 2.78. The summed E-state index contributed by atoms with van der Waals surface area (Å²) >= 11 is 1.66. The molecule has 0 fully saturated rings. The van der Waals surface area contributed by atoms with E-state index in [0.717, 1.165) is 0 Å². The quantitative estimate of drug-likeness (QED) is 0.231. The Morgan fingerprint density at radius 3 is 2.33 bits per heavy atom. The van der Waals surface area contributed by atoms with Crippen LogP contribution in [0.15, 0.2) is 4.99 Å². The minimum atomic E-state index is -1.19. The van der Waals surface area contributed by atoms with Crippen molar-refractivity contribution in [1.29, 1.82) is 0 Å². The topological polar surface area (TPSA) is 111 Å². The van der Waals surface area contributed by atoms with Crippen LogP contribution in [0.1, 0.15) is 0 Å². The number of nitro groups is 2. The third kappa shape index (κ3) is 1.60. The number of rotatable bonds is 1. The predicted octanol–water partition coefficient (Wildman–Crippen LogP) is -0.414. The molecule has 1 heterocycles. The number of aliphatic imine (C=N–C) groups is 1. The van der Waals surface area contributed by atoms with Gasteiger partial charge in [0.05, 0.1) is 4.92 Å². The monoisotopic (exact) mass is 286 g/mol. The fourth-order valence-electron chi connectivity index (χ4n) is 0.679. The zero-order chi connectivity index (χ0) is 9.30. The Balaban J connectivity index is 2.73. The van der Waals surface area contributed by atoms with Crippen molar-refractivity contribution in [3.8, 4) is 0 Å². The molecule has 0 radical (unpaired) electrons. The van der Waals surface area contributed by atoms with Crippen LogP contribution in [0.2, 0.25) is 0 Å². The molecule has 0 saturated heterocycles. The van der Waals surface area contributed by atoms with Crippen molar-refractivity contribution in [3.05, 3.63) is 20.2 Å². The molecule has 0 amide bonds. The van der Waals surface area contributed by atoms with Gasteiger partial charge in [-0.2, -0.15) is 0 Å². The second-order valence-electron chi connectivity index (χ2n) is 1.96. The van der Waals surface area contributed by atoms with Crippen molar-refractivity contribution in [3.63, 3.8) is 0 Å². The Hall–Kier alpha value is -1.00. The lowest BCUT2D eigenvalue weighted by molar-refractivity contribution is -0.524. The van der Waals surface area contributed by atoms with Gasteiger partial charge < -0.3 is 10.1 Å². The van der Waals surface area contributed by atoms with Crippen molar-refractivity contribution >= 4 is 28.6 Å². The van der Waals surface area contributed by atoms with E-state index in [1.807, 2.05) is 0 Å². The minimum Gasteiger partial charge on any atom is -0.390 e. The molecular weight excluding hydrogens is 283 g/mol. The van der Waals surface area contributed by atoms with Crippen LogP contribution in [0.25, 0.3) is 0 Å². The molecule has 1 aliphatic rings. The summed E-state index contributed by atoms with van der Waals surface area (Å²) in [6.07, 6.45) is -1.19. The van der Waals surface area contributed by atoms with Gasteiger partial charge in [-0.25, -0.2) is 5.32 Å². The molecule has 9 heteroatoms. The molecule has 1 aliphatic heterocycles. The zero-order valence-corrected chi connectivity index (χ0v) is 7.66. The van der Waals surface area contributed by atoms with Crippen molar-refractivity contribution in [2.24, 2.45) is 4.99 Å². The van der Waals surface area contributed by atoms with Gasteiger partial charge in [-0.15, -0.1) is 0 Å². The highest BCUT2D eigenvalue weighted by atomic mass is 127. The average Bonchev–Trinajstić information content (AvgIpc) is 2.30. The first-order chi connectivity index (χ1) is 5.52. The van der Waals surface area contributed by atoms with Gasteiger partial charge in [0.1, 0.15) is 0 Å². The van der Waals surface area contributed by atoms with Crippen LogP contribution in [-0.4, -0.2) is 26.0 Å². The van der Waals surface area contributed by atoms with Gasteiger partial charge >= 0.3 is 12.1 Å². The molecule has 0 aromatic heterocycles. The molecular formula is C3H3IN4O4. The maximum atomic E-state index is 10.2. The van der Waals surface area contributed by atoms with Gasteiger partial charge in [0, 0.05) is 0 Å². The number of nitrogens with zero attached hydrogens (tertiary/aromatic N) is 3. The standard InChI is InChI=1S/C3H3IN4O4/c4-1-2(7(9)10)6-3(5-1)8(11)12/h1-2H,(H,5,6). The third-order valence-electron chi connectivity index (χ3n) is 1.18. The lowest BCUT2D eigenvalue weighted by Gasteiger charge is -1.99. The van der Waals surface area contributed by atoms with E-state index < -0.39 is 26.0 Å². The number of nitrogens with one attached hydrogen (secondary N) is 1. The predicted molar refractivity (Wildman–Crippen MR) is 46.2 cm³/mol. The number of halogens is 1. The van der Waals surface area contributed by atoms with Crippen LogP contribution in [-0.2, 0) is 0 Å². The summed E-state index contributed by atoms with van der Waals surface area (Å²) in [5.74, 6) is -0.545. The largest absolute Gasteiger partial charge is 0.429 e. The molecule has 2 unspecified atom stereocenters. The van der Waals surface area contributed by atoms with E-state index in [9.17, 15) is 20.2 Å². The van der Waals surface area contributed by atoms with E-state index in [4.69, 9.17) is 0 Å². The summed E-state index contributed by atoms with van der Waals surface area (Å²) in [7, 11) is 0. The van der Waals surface area contributed by atoms with Gasteiger partial charge in [0.15, 0.2) is 0 Å². The lowest BCUT2D eigenvalue weighted by Crippen LogP contribution is -2.41. The average molecular weight is 286 g/mol. The summed E-state index contributed by atoms with van der Waals surface area (Å²) in [4.78, 5) is 22.3. The molecule has 12 heavy (non-hydrogen) atoms. The molecule has 0 bridgehead atoms. The summed E-state index contributed by atoms with van der Waals surface area (Å²) in [6.45, 7) is 0. The van der Waals surface area contributed by atoms with Crippen molar-refractivity contribution in [2.75, 3.05) is 0 Å². The Labute approximate surface area is 79.5 Å². The van der Waals surface area contributed by atoms with E-state index in [-0.39, 0.29) is 0 Å². The molecule has 1 rings (SSSR count). The summed E-state index contributed by atoms with van der Waals surface area (Å²) in [5, 5.41) is 22.4. The van der Waals surface area contributed by atoms with E-state index in [2.05, 4.69) is 10.3 Å². The maximum absolute atomic E-state index is 10.2. The van der Waals surface area contributed by atoms with Crippen LogP contribution in [0.4, 0.5) is 0 Å². The van der Waals surface area contributed by atoms with Crippen LogP contribution in [0.3, 0.4) is 0 Å². The molecule has 2 atom stereocenters. The smallest absolute Gasteiger partial charge is 0.390 e. The highest BCUT2D eigenvalue weighted by molar-refractivity contribution is 14.1. The van der Waals surface area contributed by atoms with Gasteiger partial charge in [-0.1, -0.05) is 4.99 Å². The Kier molecular flexibility index (Phi) is 2.40. The van der Waals surface area contributed by atoms with Crippen molar-refractivity contribution in [1.82, 2.24) is 5.32 Å². The summed E-state index contributed by atoms with van der Waals surface area (Å²) in [5.41, 5.74) is 0.